The largest absolute Gasteiger partial charge is 0.391 e. The molecule has 0 spiro atoms. The van der Waals surface area contributed by atoms with Crippen molar-refractivity contribution in [2.75, 3.05) is 25.4 Å². The van der Waals surface area contributed by atoms with Crippen LogP contribution in [0, 0.1) is 6.92 Å². The molecule has 1 aromatic rings. The molecule has 1 aliphatic heterocycles. The van der Waals surface area contributed by atoms with Gasteiger partial charge in [0.1, 0.15) is 0 Å². The third-order valence-corrected chi connectivity index (χ3v) is 4.53. The molecule has 0 amide bonds. The Labute approximate surface area is 126 Å². The van der Waals surface area contributed by atoms with Gasteiger partial charge in [0.2, 0.25) is 0 Å². The maximum Gasteiger partial charge on any atom is 0.0760 e. The first-order chi connectivity index (χ1) is 9.52. The second-order valence-corrected chi connectivity index (χ2v) is 6.85. The van der Waals surface area contributed by atoms with E-state index in [2.05, 4.69) is 49.9 Å². The van der Waals surface area contributed by atoms with Crippen LogP contribution in [0.3, 0.4) is 0 Å². The fourth-order valence-electron chi connectivity index (χ4n) is 2.68. The van der Waals surface area contributed by atoms with Gasteiger partial charge < -0.3 is 9.84 Å². The number of benzene rings is 1. The van der Waals surface area contributed by atoms with E-state index < -0.39 is 0 Å². The molecule has 0 aromatic heterocycles. The zero-order chi connectivity index (χ0) is 14.5. The van der Waals surface area contributed by atoms with Crippen molar-refractivity contribution < 1.29 is 9.84 Å². The number of ether oxygens (including phenoxy) is 1. The van der Waals surface area contributed by atoms with Crippen molar-refractivity contribution in [3.8, 4) is 0 Å². The minimum Gasteiger partial charge on any atom is -0.391 e. The molecule has 0 radical (unpaired) electrons. The Bertz CT molecular complexity index is 417. The van der Waals surface area contributed by atoms with Crippen molar-refractivity contribution in [1.29, 1.82) is 0 Å². The number of aliphatic hydroxyl groups excluding tert-OH is 1. The molecule has 2 rings (SSSR count). The highest BCUT2D eigenvalue weighted by atomic mass is 32.2. The maximum absolute atomic E-state index is 10.2. The quantitative estimate of drug-likeness (QED) is 0.846. The van der Waals surface area contributed by atoms with Crippen LogP contribution in [0.15, 0.2) is 29.2 Å². The summed E-state index contributed by atoms with van der Waals surface area (Å²) >= 11 is 1.72. The molecule has 1 N–H and O–H groups in total. The number of nitrogens with zero attached hydrogens (tertiary/aromatic N) is 1. The van der Waals surface area contributed by atoms with E-state index >= 15 is 0 Å². The monoisotopic (exact) mass is 295 g/mol. The predicted octanol–water partition coefficient (Wildman–Crippen LogP) is 2.56. The highest BCUT2D eigenvalue weighted by Gasteiger charge is 2.23. The Morgan fingerprint density at radius 2 is 2.05 bits per heavy atom. The van der Waals surface area contributed by atoms with Crippen molar-refractivity contribution in [2.24, 2.45) is 0 Å². The lowest BCUT2D eigenvalue weighted by Crippen LogP contribution is -2.48. The number of thioether (sulfide) groups is 1. The summed E-state index contributed by atoms with van der Waals surface area (Å²) in [6.45, 7) is 8.84. The summed E-state index contributed by atoms with van der Waals surface area (Å²) in [4.78, 5) is 3.54. The van der Waals surface area contributed by atoms with Gasteiger partial charge in [0.05, 0.1) is 18.3 Å². The minimum absolute atomic E-state index is 0.260. The first kappa shape index (κ1) is 15.8. The Morgan fingerprint density at radius 1 is 1.35 bits per heavy atom. The van der Waals surface area contributed by atoms with Gasteiger partial charge in [0.25, 0.3) is 0 Å². The van der Waals surface area contributed by atoms with Gasteiger partial charge in [-0.15, -0.1) is 11.8 Å². The maximum atomic E-state index is 10.2. The number of β-amino-alcohol motifs (C(OH)–C–C–N with tert-alkyl or cyclic N) is 1. The standard InChI is InChI=1S/C16H25NO2S/c1-12-5-4-6-16(7-12)20-11-15(18)10-17-8-13(2)19-14(3)9-17/h4-7,13-15,18H,8-11H2,1-3H3. The molecule has 1 heterocycles. The van der Waals surface area contributed by atoms with Crippen LogP contribution in [-0.4, -0.2) is 53.7 Å². The molecule has 20 heavy (non-hydrogen) atoms. The molecular formula is C16H25NO2S. The van der Waals surface area contributed by atoms with Gasteiger partial charge in [-0.1, -0.05) is 17.7 Å². The molecule has 3 atom stereocenters. The summed E-state index contributed by atoms with van der Waals surface area (Å²) in [6.07, 6.45) is 0.226. The molecule has 1 aliphatic rings. The van der Waals surface area contributed by atoms with Crippen LogP contribution in [-0.2, 0) is 4.74 Å². The normalized spacial score (nSPS) is 25.6. The van der Waals surface area contributed by atoms with Gasteiger partial charge in [-0.25, -0.2) is 0 Å². The van der Waals surface area contributed by atoms with Gasteiger partial charge in [-0.2, -0.15) is 0 Å². The van der Waals surface area contributed by atoms with E-state index in [1.165, 1.54) is 10.5 Å². The number of aryl methyl sites for hydroxylation is 1. The zero-order valence-corrected chi connectivity index (χ0v) is 13.4. The summed E-state index contributed by atoms with van der Waals surface area (Å²) in [5, 5.41) is 10.2. The third kappa shape index (κ3) is 5.09. The van der Waals surface area contributed by atoms with Gasteiger partial charge in [-0.3, -0.25) is 4.90 Å². The lowest BCUT2D eigenvalue weighted by Gasteiger charge is -2.36. The molecule has 0 aliphatic carbocycles. The van der Waals surface area contributed by atoms with E-state index in [0.29, 0.717) is 0 Å². The number of hydrogen-bond donors (Lipinski definition) is 1. The SMILES string of the molecule is Cc1cccc(SCC(O)CN2CC(C)OC(C)C2)c1. The molecule has 3 unspecified atom stereocenters. The minimum atomic E-state index is -0.294. The van der Waals surface area contributed by atoms with Crippen LogP contribution < -0.4 is 0 Å². The molecule has 0 saturated carbocycles. The number of rotatable bonds is 5. The number of aliphatic hydroxyl groups is 1. The van der Waals surface area contributed by atoms with Crippen molar-refractivity contribution in [1.82, 2.24) is 4.90 Å². The molecule has 1 aromatic carbocycles. The van der Waals surface area contributed by atoms with Gasteiger partial charge >= 0.3 is 0 Å². The Hall–Kier alpha value is -0.550. The lowest BCUT2D eigenvalue weighted by atomic mass is 10.2. The Balaban J connectivity index is 1.76. The van der Waals surface area contributed by atoms with Crippen LogP contribution >= 0.6 is 11.8 Å². The highest BCUT2D eigenvalue weighted by molar-refractivity contribution is 7.99. The molecular weight excluding hydrogens is 270 g/mol. The first-order valence-corrected chi connectivity index (χ1v) is 8.27. The van der Waals surface area contributed by atoms with E-state index in [9.17, 15) is 5.11 Å². The predicted molar refractivity (Wildman–Crippen MR) is 84.4 cm³/mol. The van der Waals surface area contributed by atoms with Crippen LogP contribution in [0.5, 0.6) is 0 Å². The number of hydrogen-bond acceptors (Lipinski definition) is 4. The average molecular weight is 295 g/mol. The van der Waals surface area contributed by atoms with E-state index in [1.54, 1.807) is 11.8 Å². The smallest absolute Gasteiger partial charge is 0.0760 e. The van der Waals surface area contributed by atoms with Crippen molar-refractivity contribution in [3.63, 3.8) is 0 Å². The third-order valence-electron chi connectivity index (χ3n) is 3.40. The Morgan fingerprint density at radius 3 is 2.70 bits per heavy atom. The van der Waals surface area contributed by atoms with Crippen LogP contribution in [0.4, 0.5) is 0 Å². The van der Waals surface area contributed by atoms with Crippen molar-refractivity contribution in [2.45, 2.75) is 44.0 Å². The second kappa shape index (κ2) is 7.46. The lowest BCUT2D eigenvalue weighted by molar-refractivity contribution is -0.0750. The summed E-state index contributed by atoms with van der Waals surface area (Å²) < 4.78 is 5.71. The van der Waals surface area contributed by atoms with Crippen LogP contribution in [0.2, 0.25) is 0 Å². The summed E-state index contributed by atoms with van der Waals surface area (Å²) in [7, 11) is 0. The fourth-order valence-corrected chi connectivity index (χ4v) is 3.62. The summed E-state index contributed by atoms with van der Waals surface area (Å²) in [5.74, 6) is 0.740. The first-order valence-electron chi connectivity index (χ1n) is 7.28. The number of morpholine rings is 1. The molecule has 1 saturated heterocycles. The topological polar surface area (TPSA) is 32.7 Å². The van der Waals surface area contributed by atoms with Gasteiger partial charge in [-0.05, 0) is 32.9 Å². The van der Waals surface area contributed by atoms with Crippen molar-refractivity contribution >= 4 is 11.8 Å². The molecule has 3 nitrogen and oxygen atoms in total. The molecule has 112 valence electrons. The van der Waals surface area contributed by atoms with E-state index in [1.807, 2.05) is 0 Å². The molecule has 0 bridgehead atoms. The van der Waals surface area contributed by atoms with Crippen LogP contribution in [0.25, 0.3) is 0 Å². The molecule has 1 fully saturated rings. The van der Waals surface area contributed by atoms with Crippen molar-refractivity contribution in [3.05, 3.63) is 29.8 Å². The second-order valence-electron chi connectivity index (χ2n) is 5.76. The van der Waals surface area contributed by atoms with E-state index in [0.717, 1.165) is 25.4 Å². The summed E-state index contributed by atoms with van der Waals surface area (Å²) in [5.41, 5.74) is 1.26. The highest BCUT2D eigenvalue weighted by Crippen LogP contribution is 2.20. The Kier molecular flexibility index (Phi) is 5.90. The van der Waals surface area contributed by atoms with Crippen LogP contribution in [0.1, 0.15) is 19.4 Å². The average Bonchev–Trinajstić information content (AvgIpc) is 2.35. The van der Waals surface area contributed by atoms with E-state index in [4.69, 9.17) is 4.74 Å². The van der Waals surface area contributed by atoms with Gasteiger partial charge in [0, 0.05) is 30.3 Å². The fraction of sp³-hybridized carbons (Fsp3) is 0.625. The van der Waals surface area contributed by atoms with E-state index in [-0.39, 0.29) is 18.3 Å². The summed E-state index contributed by atoms with van der Waals surface area (Å²) in [6, 6.07) is 8.42. The molecule has 4 heteroatoms. The van der Waals surface area contributed by atoms with Gasteiger partial charge in [0.15, 0.2) is 0 Å². The zero-order valence-electron chi connectivity index (χ0n) is 12.6.